The molecule has 3 N–H and O–H groups in total. The van der Waals surface area contributed by atoms with Gasteiger partial charge in [0, 0.05) is 6.54 Å². The van der Waals surface area contributed by atoms with Crippen molar-refractivity contribution in [3.63, 3.8) is 0 Å². The Labute approximate surface area is 101 Å². The first-order valence-electron chi connectivity index (χ1n) is 6.76. The van der Waals surface area contributed by atoms with Crippen molar-refractivity contribution in [1.82, 2.24) is 4.90 Å². The molecule has 3 heteroatoms. The van der Waals surface area contributed by atoms with Crippen molar-refractivity contribution in [2.75, 3.05) is 26.2 Å². The standard InChI is InChI=1S/C13H30N2O/c1-4-7-10-15(6-3)11-8-9-13(16,5-2)12-14/h16H,4-12,14H2,1-3H3. The second kappa shape index (κ2) is 8.97. The van der Waals surface area contributed by atoms with Crippen molar-refractivity contribution in [3.05, 3.63) is 0 Å². The molecule has 16 heavy (non-hydrogen) atoms. The highest BCUT2D eigenvalue weighted by Crippen LogP contribution is 2.15. The minimum absolute atomic E-state index is 0.380. The van der Waals surface area contributed by atoms with Gasteiger partial charge in [0.1, 0.15) is 0 Å². The molecule has 0 saturated heterocycles. The van der Waals surface area contributed by atoms with Crippen molar-refractivity contribution >= 4 is 0 Å². The van der Waals surface area contributed by atoms with Crippen LogP contribution in [0.25, 0.3) is 0 Å². The number of nitrogens with zero attached hydrogens (tertiary/aromatic N) is 1. The molecule has 0 saturated carbocycles. The van der Waals surface area contributed by atoms with Crippen molar-refractivity contribution in [3.8, 4) is 0 Å². The maximum atomic E-state index is 10.0. The molecule has 0 aliphatic carbocycles. The summed E-state index contributed by atoms with van der Waals surface area (Å²) >= 11 is 0. The Hall–Kier alpha value is -0.120. The van der Waals surface area contributed by atoms with Gasteiger partial charge in [0.2, 0.25) is 0 Å². The monoisotopic (exact) mass is 230 g/mol. The topological polar surface area (TPSA) is 49.5 Å². The lowest BCUT2D eigenvalue weighted by Crippen LogP contribution is -2.38. The van der Waals surface area contributed by atoms with Crippen LogP contribution in [-0.4, -0.2) is 41.8 Å². The lowest BCUT2D eigenvalue weighted by atomic mass is 9.95. The number of unbranched alkanes of at least 4 members (excludes halogenated alkanes) is 1. The van der Waals surface area contributed by atoms with E-state index in [9.17, 15) is 5.11 Å². The van der Waals surface area contributed by atoms with Crippen molar-refractivity contribution in [2.24, 2.45) is 5.73 Å². The molecule has 0 radical (unpaired) electrons. The molecule has 0 aliphatic heterocycles. The maximum Gasteiger partial charge on any atom is 0.0767 e. The number of rotatable bonds is 10. The number of nitrogens with two attached hydrogens (primary N) is 1. The van der Waals surface area contributed by atoms with E-state index in [4.69, 9.17) is 5.73 Å². The largest absolute Gasteiger partial charge is 0.389 e. The highest BCUT2D eigenvalue weighted by Gasteiger charge is 2.21. The van der Waals surface area contributed by atoms with Crippen LogP contribution in [0.4, 0.5) is 0 Å². The summed E-state index contributed by atoms with van der Waals surface area (Å²) in [5, 5.41) is 10.0. The summed E-state index contributed by atoms with van der Waals surface area (Å²) in [6, 6.07) is 0. The fourth-order valence-electron chi connectivity index (χ4n) is 1.86. The van der Waals surface area contributed by atoms with E-state index < -0.39 is 5.60 Å². The Balaban J connectivity index is 3.76. The first-order chi connectivity index (χ1) is 7.61. The Morgan fingerprint density at radius 1 is 1.12 bits per heavy atom. The fraction of sp³-hybridized carbons (Fsp3) is 1.00. The van der Waals surface area contributed by atoms with E-state index in [1.807, 2.05) is 6.92 Å². The van der Waals surface area contributed by atoms with Crippen LogP contribution in [-0.2, 0) is 0 Å². The second-order valence-corrected chi connectivity index (χ2v) is 4.67. The van der Waals surface area contributed by atoms with Gasteiger partial charge in [0.05, 0.1) is 5.60 Å². The second-order valence-electron chi connectivity index (χ2n) is 4.67. The highest BCUT2D eigenvalue weighted by atomic mass is 16.3. The zero-order valence-electron chi connectivity index (χ0n) is 11.3. The van der Waals surface area contributed by atoms with Crippen LogP contribution in [0.15, 0.2) is 0 Å². The van der Waals surface area contributed by atoms with E-state index in [1.54, 1.807) is 0 Å². The normalized spacial score (nSPS) is 15.4. The first kappa shape index (κ1) is 15.9. The molecule has 0 aromatic rings. The Morgan fingerprint density at radius 2 is 1.75 bits per heavy atom. The molecular weight excluding hydrogens is 200 g/mol. The van der Waals surface area contributed by atoms with E-state index in [2.05, 4.69) is 18.7 Å². The molecule has 0 heterocycles. The SMILES string of the molecule is CCCCN(CC)CCCC(O)(CC)CN. The molecule has 0 amide bonds. The van der Waals surface area contributed by atoms with Gasteiger partial charge < -0.3 is 15.7 Å². The summed E-state index contributed by atoms with van der Waals surface area (Å²) < 4.78 is 0. The van der Waals surface area contributed by atoms with Crippen LogP contribution in [0.2, 0.25) is 0 Å². The third kappa shape index (κ3) is 6.46. The van der Waals surface area contributed by atoms with Gasteiger partial charge in [-0.2, -0.15) is 0 Å². The van der Waals surface area contributed by atoms with Gasteiger partial charge in [-0.3, -0.25) is 0 Å². The summed E-state index contributed by atoms with van der Waals surface area (Å²) in [7, 11) is 0. The van der Waals surface area contributed by atoms with Crippen LogP contribution in [0.5, 0.6) is 0 Å². The highest BCUT2D eigenvalue weighted by molar-refractivity contribution is 4.77. The Bertz CT molecular complexity index is 158. The van der Waals surface area contributed by atoms with Gasteiger partial charge in [0.15, 0.2) is 0 Å². The molecule has 0 fully saturated rings. The molecule has 1 atom stereocenters. The number of hydrogen-bond acceptors (Lipinski definition) is 3. The quantitative estimate of drug-likeness (QED) is 0.603. The lowest BCUT2D eigenvalue weighted by Gasteiger charge is -2.27. The predicted octanol–water partition coefficient (Wildman–Crippen LogP) is 1.99. The zero-order chi connectivity index (χ0) is 12.4. The molecule has 0 aromatic heterocycles. The summed E-state index contributed by atoms with van der Waals surface area (Å²) in [4.78, 5) is 2.45. The molecule has 0 spiro atoms. The summed E-state index contributed by atoms with van der Waals surface area (Å²) in [6.45, 7) is 10.2. The Kier molecular flexibility index (Phi) is 8.90. The van der Waals surface area contributed by atoms with Gasteiger partial charge in [-0.05, 0) is 45.3 Å². The zero-order valence-corrected chi connectivity index (χ0v) is 11.3. The van der Waals surface area contributed by atoms with Crippen LogP contribution in [0.1, 0.15) is 52.9 Å². The van der Waals surface area contributed by atoms with Crippen LogP contribution >= 0.6 is 0 Å². The van der Waals surface area contributed by atoms with Crippen molar-refractivity contribution in [1.29, 1.82) is 0 Å². The minimum Gasteiger partial charge on any atom is -0.389 e. The van der Waals surface area contributed by atoms with Crippen LogP contribution in [0, 0.1) is 0 Å². The summed E-state index contributed by atoms with van der Waals surface area (Å²) in [5.74, 6) is 0. The van der Waals surface area contributed by atoms with Crippen molar-refractivity contribution in [2.45, 2.75) is 58.5 Å². The third-order valence-electron chi connectivity index (χ3n) is 3.43. The fourth-order valence-corrected chi connectivity index (χ4v) is 1.86. The summed E-state index contributed by atoms with van der Waals surface area (Å²) in [5.41, 5.74) is 4.95. The average molecular weight is 230 g/mol. The molecule has 0 bridgehead atoms. The van der Waals surface area contributed by atoms with E-state index in [-0.39, 0.29) is 0 Å². The number of hydrogen-bond donors (Lipinski definition) is 2. The molecule has 0 rings (SSSR count). The molecule has 0 aliphatic rings. The van der Waals surface area contributed by atoms with Crippen LogP contribution in [0.3, 0.4) is 0 Å². The van der Waals surface area contributed by atoms with E-state index in [0.717, 1.165) is 32.4 Å². The van der Waals surface area contributed by atoms with E-state index in [0.29, 0.717) is 6.54 Å². The van der Waals surface area contributed by atoms with Gasteiger partial charge in [-0.1, -0.05) is 27.2 Å². The maximum absolute atomic E-state index is 10.0. The minimum atomic E-state index is -0.635. The molecule has 3 nitrogen and oxygen atoms in total. The van der Waals surface area contributed by atoms with Crippen LogP contribution < -0.4 is 5.73 Å². The van der Waals surface area contributed by atoms with Gasteiger partial charge >= 0.3 is 0 Å². The van der Waals surface area contributed by atoms with Gasteiger partial charge in [0.25, 0.3) is 0 Å². The van der Waals surface area contributed by atoms with E-state index in [1.165, 1.54) is 19.4 Å². The van der Waals surface area contributed by atoms with Gasteiger partial charge in [-0.25, -0.2) is 0 Å². The lowest BCUT2D eigenvalue weighted by molar-refractivity contribution is 0.0317. The smallest absolute Gasteiger partial charge is 0.0767 e. The average Bonchev–Trinajstić information content (AvgIpc) is 2.33. The van der Waals surface area contributed by atoms with Gasteiger partial charge in [-0.15, -0.1) is 0 Å². The first-order valence-corrected chi connectivity index (χ1v) is 6.76. The molecule has 98 valence electrons. The summed E-state index contributed by atoms with van der Waals surface area (Å²) in [6.07, 6.45) is 5.13. The number of aliphatic hydroxyl groups is 1. The predicted molar refractivity (Wildman–Crippen MR) is 70.6 cm³/mol. The molecular formula is C13H30N2O. The Morgan fingerprint density at radius 3 is 2.19 bits per heavy atom. The van der Waals surface area contributed by atoms with E-state index >= 15 is 0 Å². The molecule has 0 aromatic carbocycles. The van der Waals surface area contributed by atoms with Crippen molar-refractivity contribution < 1.29 is 5.11 Å². The molecule has 1 unspecified atom stereocenters. The third-order valence-corrected chi connectivity index (χ3v) is 3.43.